The maximum absolute atomic E-state index is 5.75. The summed E-state index contributed by atoms with van der Waals surface area (Å²) in [6, 6.07) is 10.1. The van der Waals surface area contributed by atoms with Crippen LogP contribution in [0.4, 0.5) is 0 Å². The SMILES string of the molecule is CCOc1ccc(C(C)NC(=NC)NCc2ccc(-n3ccnc3C)nc2)cc1OCC.I. The Labute approximate surface area is 212 Å². The first-order valence-electron chi connectivity index (χ1n) is 10.9. The van der Waals surface area contributed by atoms with Gasteiger partial charge in [0, 0.05) is 32.2 Å². The molecule has 1 aromatic carbocycles. The molecule has 2 aromatic heterocycles. The van der Waals surface area contributed by atoms with Crippen molar-refractivity contribution in [2.45, 2.75) is 40.3 Å². The first kappa shape index (κ1) is 26.4. The zero-order chi connectivity index (χ0) is 22.9. The number of halogens is 1. The number of nitrogens with zero attached hydrogens (tertiary/aromatic N) is 4. The molecular formula is C24H33IN6O2. The average molecular weight is 564 g/mol. The molecule has 0 aliphatic rings. The summed E-state index contributed by atoms with van der Waals surface area (Å²) in [5.41, 5.74) is 2.14. The minimum Gasteiger partial charge on any atom is -0.490 e. The number of rotatable bonds is 9. The number of aryl methyl sites for hydroxylation is 1. The lowest BCUT2D eigenvalue weighted by Gasteiger charge is -2.20. The highest BCUT2D eigenvalue weighted by molar-refractivity contribution is 14.0. The van der Waals surface area contributed by atoms with Crippen molar-refractivity contribution in [2.24, 2.45) is 4.99 Å². The van der Waals surface area contributed by atoms with Crippen molar-refractivity contribution < 1.29 is 9.47 Å². The number of hydrogen-bond donors (Lipinski definition) is 2. The summed E-state index contributed by atoms with van der Waals surface area (Å²) in [5.74, 6) is 3.97. The van der Waals surface area contributed by atoms with E-state index in [2.05, 4.69) is 32.5 Å². The highest BCUT2D eigenvalue weighted by Gasteiger charge is 2.12. The number of pyridine rings is 1. The van der Waals surface area contributed by atoms with Gasteiger partial charge in [0.05, 0.1) is 19.3 Å². The van der Waals surface area contributed by atoms with Crippen LogP contribution in [-0.4, -0.2) is 40.8 Å². The third kappa shape index (κ3) is 7.08. The smallest absolute Gasteiger partial charge is 0.191 e. The molecule has 3 aromatic rings. The second kappa shape index (κ2) is 13.0. The minimum atomic E-state index is 0. The molecule has 0 spiro atoms. The summed E-state index contributed by atoms with van der Waals surface area (Å²) >= 11 is 0. The average Bonchev–Trinajstić information content (AvgIpc) is 3.24. The van der Waals surface area contributed by atoms with Crippen LogP contribution < -0.4 is 20.1 Å². The maximum atomic E-state index is 5.75. The summed E-state index contributed by atoms with van der Waals surface area (Å²) in [6.45, 7) is 9.76. The Kier molecular flexibility index (Phi) is 10.4. The van der Waals surface area contributed by atoms with Crippen LogP contribution in [0.1, 0.15) is 43.8 Å². The van der Waals surface area contributed by atoms with Crippen LogP contribution in [0.3, 0.4) is 0 Å². The first-order valence-corrected chi connectivity index (χ1v) is 10.9. The van der Waals surface area contributed by atoms with E-state index in [1.54, 1.807) is 13.2 Å². The topological polar surface area (TPSA) is 85.6 Å². The van der Waals surface area contributed by atoms with Crippen LogP contribution >= 0.6 is 24.0 Å². The monoisotopic (exact) mass is 564 g/mol. The number of aliphatic imine (C=N–C) groups is 1. The molecule has 1 unspecified atom stereocenters. The van der Waals surface area contributed by atoms with Gasteiger partial charge in [-0.3, -0.25) is 9.56 Å². The molecule has 0 aliphatic heterocycles. The molecule has 8 nitrogen and oxygen atoms in total. The summed E-state index contributed by atoms with van der Waals surface area (Å²) in [5, 5.41) is 6.77. The van der Waals surface area contributed by atoms with E-state index < -0.39 is 0 Å². The quantitative estimate of drug-likeness (QED) is 0.228. The van der Waals surface area contributed by atoms with Crippen LogP contribution in [0.25, 0.3) is 5.82 Å². The fourth-order valence-electron chi connectivity index (χ4n) is 3.29. The van der Waals surface area contributed by atoms with E-state index in [0.717, 1.165) is 34.3 Å². The van der Waals surface area contributed by atoms with Gasteiger partial charge in [-0.15, -0.1) is 24.0 Å². The van der Waals surface area contributed by atoms with E-state index in [4.69, 9.17) is 9.47 Å². The molecule has 0 radical (unpaired) electrons. The van der Waals surface area contributed by atoms with Gasteiger partial charge in [0.15, 0.2) is 17.5 Å². The molecule has 0 fully saturated rings. The van der Waals surface area contributed by atoms with Gasteiger partial charge in [-0.25, -0.2) is 9.97 Å². The Morgan fingerprint density at radius 2 is 1.85 bits per heavy atom. The van der Waals surface area contributed by atoms with Crippen molar-refractivity contribution in [3.8, 4) is 17.3 Å². The summed E-state index contributed by atoms with van der Waals surface area (Å²) < 4.78 is 13.4. The fourth-order valence-corrected chi connectivity index (χ4v) is 3.29. The van der Waals surface area contributed by atoms with Gasteiger partial charge in [0.1, 0.15) is 11.6 Å². The number of benzene rings is 1. The molecule has 0 aliphatic carbocycles. The Hall–Kier alpha value is -2.82. The zero-order valence-electron chi connectivity index (χ0n) is 19.8. The van der Waals surface area contributed by atoms with E-state index in [9.17, 15) is 0 Å². The molecule has 0 saturated heterocycles. The number of guanidine groups is 1. The van der Waals surface area contributed by atoms with Crippen LogP contribution in [0.2, 0.25) is 0 Å². The Morgan fingerprint density at radius 3 is 2.45 bits per heavy atom. The first-order chi connectivity index (χ1) is 15.5. The van der Waals surface area contributed by atoms with E-state index in [-0.39, 0.29) is 30.0 Å². The predicted molar refractivity (Wildman–Crippen MR) is 142 cm³/mol. The van der Waals surface area contributed by atoms with E-state index in [1.807, 2.05) is 68.1 Å². The van der Waals surface area contributed by atoms with Gasteiger partial charge in [0.25, 0.3) is 0 Å². The highest BCUT2D eigenvalue weighted by atomic mass is 127. The van der Waals surface area contributed by atoms with Gasteiger partial charge in [-0.1, -0.05) is 12.1 Å². The molecule has 2 heterocycles. The molecule has 178 valence electrons. The fraction of sp³-hybridized carbons (Fsp3) is 0.375. The second-order valence-corrected chi connectivity index (χ2v) is 7.23. The summed E-state index contributed by atoms with van der Waals surface area (Å²) in [7, 11) is 1.76. The van der Waals surface area contributed by atoms with Gasteiger partial charge in [-0.2, -0.15) is 0 Å². The van der Waals surface area contributed by atoms with E-state index in [0.29, 0.717) is 25.7 Å². The Morgan fingerprint density at radius 1 is 1.09 bits per heavy atom. The normalized spacial score (nSPS) is 12.0. The Bertz CT molecular complexity index is 1040. The summed E-state index contributed by atoms with van der Waals surface area (Å²) in [4.78, 5) is 13.1. The van der Waals surface area contributed by atoms with Crippen molar-refractivity contribution in [1.29, 1.82) is 0 Å². The molecule has 0 saturated carbocycles. The molecular weight excluding hydrogens is 531 g/mol. The number of nitrogens with one attached hydrogen (secondary N) is 2. The van der Waals surface area contributed by atoms with Crippen molar-refractivity contribution in [3.63, 3.8) is 0 Å². The minimum absolute atomic E-state index is 0. The van der Waals surface area contributed by atoms with E-state index in [1.165, 1.54) is 0 Å². The zero-order valence-corrected chi connectivity index (χ0v) is 22.2. The van der Waals surface area contributed by atoms with Crippen LogP contribution in [0, 0.1) is 6.92 Å². The summed E-state index contributed by atoms with van der Waals surface area (Å²) in [6.07, 6.45) is 5.53. The molecule has 0 bridgehead atoms. The molecule has 2 N–H and O–H groups in total. The van der Waals surface area contributed by atoms with Gasteiger partial charge >= 0.3 is 0 Å². The third-order valence-electron chi connectivity index (χ3n) is 4.99. The Balaban J connectivity index is 0.00000385. The molecule has 33 heavy (non-hydrogen) atoms. The predicted octanol–water partition coefficient (Wildman–Crippen LogP) is 4.42. The number of hydrogen-bond acceptors (Lipinski definition) is 5. The van der Waals surface area contributed by atoms with Crippen molar-refractivity contribution in [1.82, 2.24) is 25.2 Å². The largest absolute Gasteiger partial charge is 0.490 e. The number of imidazole rings is 1. The van der Waals surface area contributed by atoms with Gasteiger partial charge < -0.3 is 20.1 Å². The van der Waals surface area contributed by atoms with Gasteiger partial charge in [0.2, 0.25) is 0 Å². The standard InChI is InChI=1S/C24H32N6O2.HI/c1-6-31-21-10-9-20(14-22(21)32-7-2)17(3)29-24(25-5)28-16-19-8-11-23(27-15-19)30-13-12-26-18(30)4;/h8-15,17H,6-7,16H2,1-5H3,(H2,25,28,29);1H. The second-order valence-electron chi connectivity index (χ2n) is 7.23. The van der Waals surface area contributed by atoms with Crippen LogP contribution in [0.15, 0.2) is 53.9 Å². The van der Waals surface area contributed by atoms with Crippen LogP contribution in [-0.2, 0) is 6.54 Å². The molecule has 0 amide bonds. The van der Waals surface area contributed by atoms with Crippen molar-refractivity contribution in [3.05, 3.63) is 65.9 Å². The van der Waals surface area contributed by atoms with E-state index >= 15 is 0 Å². The van der Waals surface area contributed by atoms with Crippen LogP contribution in [0.5, 0.6) is 11.5 Å². The highest BCUT2D eigenvalue weighted by Crippen LogP contribution is 2.30. The lowest BCUT2D eigenvalue weighted by molar-refractivity contribution is 0.287. The van der Waals surface area contributed by atoms with Gasteiger partial charge in [-0.05, 0) is 57.0 Å². The number of ether oxygens (including phenoxy) is 2. The lowest BCUT2D eigenvalue weighted by atomic mass is 10.1. The maximum Gasteiger partial charge on any atom is 0.191 e. The lowest BCUT2D eigenvalue weighted by Crippen LogP contribution is -2.38. The molecule has 3 rings (SSSR count). The third-order valence-corrected chi connectivity index (χ3v) is 4.99. The molecule has 1 atom stereocenters. The van der Waals surface area contributed by atoms with Crippen molar-refractivity contribution in [2.75, 3.05) is 20.3 Å². The van der Waals surface area contributed by atoms with Crippen molar-refractivity contribution >= 4 is 29.9 Å². The molecule has 9 heteroatoms. The number of aromatic nitrogens is 3.